The zero-order valence-corrected chi connectivity index (χ0v) is 45.3. The van der Waals surface area contributed by atoms with Gasteiger partial charge in [-0.1, -0.05) is 0 Å². The topological polar surface area (TPSA) is 314 Å². The Balaban J connectivity index is 0.000000227. The zero-order chi connectivity index (χ0) is 56.9. The number of carboxylic acid groups (broad SMARTS) is 1. The predicted molar refractivity (Wildman–Crippen MR) is 275 cm³/mol. The molecule has 0 saturated carbocycles. The number of benzene rings is 3. The molecule has 424 valence electrons. The molecule has 2 amide bonds. The van der Waals surface area contributed by atoms with Crippen LogP contribution in [0.15, 0.2) is 45.2 Å². The average molecular weight is 1100 g/mol. The number of ketones is 3. The van der Waals surface area contributed by atoms with Crippen molar-refractivity contribution in [3.8, 4) is 51.7 Å². The molecule has 2 unspecified atom stereocenters. The van der Waals surface area contributed by atoms with Crippen LogP contribution in [0.3, 0.4) is 0 Å². The average Bonchev–Trinajstić information content (AvgIpc) is 4.41. The lowest BCUT2D eigenvalue weighted by atomic mass is 10.1. The number of hydrogen-bond donors (Lipinski definition) is 3. The van der Waals surface area contributed by atoms with Crippen LogP contribution in [0.2, 0.25) is 0 Å². The minimum Gasteiger partial charge on any atom is -0.493 e. The Morgan fingerprint density at radius 1 is 0.443 bits per heavy atom. The summed E-state index contributed by atoms with van der Waals surface area (Å²) < 4.78 is 58.7. The van der Waals surface area contributed by atoms with E-state index in [0.717, 1.165) is 37.7 Å². The molecular formula is C53H64N8O18. The maximum atomic E-state index is 13.5. The number of nitrogens with zero attached hydrogens (tertiary/aromatic N) is 6. The molecule has 9 rings (SSSR count). The molecule has 3 N–H and O–H groups in total. The van der Waals surface area contributed by atoms with Crippen LogP contribution in [0.1, 0.15) is 130 Å². The number of Topliss-reactive ketones (excluding diaryl/α,β-unsaturated/α-hetero) is 3. The number of amides is 2. The second kappa shape index (κ2) is 26.7. The Bertz CT molecular complexity index is 2780. The maximum absolute atomic E-state index is 13.5. The monoisotopic (exact) mass is 1100 g/mol. The first-order valence-corrected chi connectivity index (χ1v) is 25.2. The van der Waals surface area contributed by atoms with Crippen LogP contribution >= 0.6 is 0 Å². The highest BCUT2D eigenvalue weighted by atomic mass is 16.5. The van der Waals surface area contributed by atoms with Gasteiger partial charge >= 0.3 is 5.97 Å². The van der Waals surface area contributed by atoms with Gasteiger partial charge in [-0.3, -0.25) is 24.0 Å². The van der Waals surface area contributed by atoms with Crippen molar-refractivity contribution in [2.45, 2.75) is 75.5 Å². The Morgan fingerprint density at radius 2 is 0.747 bits per heavy atom. The Morgan fingerprint density at radius 3 is 1.03 bits per heavy atom. The van der Waals surface area contributed by atoms with Gasteiger partial charge in [-0.25, -0.2) is 4.79 Å². The predicted octanol–water partition coefficient (Wildman–Crippen LogP) is 5.11. The molecule has 0 radical (unpaired) electrons. The summed E-state index contributed by atoms with van der Waals surface area (Å²) in [5.41, 5.74) is 0.100. The smallest absolute Gasteiger partial charge is 0.377 e. The summed E-state index contributed by atoms with van der Waals surface area (Å²) in [6.45, 7) is 2.72. The normalized spacial score (nSPS) is 18.3. The third-order valence-electron chi connectivity index (χ3n) is 13.6. The van der Waals surface area contributed by atoms with Gasteiger partial charge in [0.1, 0.15) is 12.1 Å². The molecule has 26 nitrogen and oxygen atoms in total. The molecule has 26 heteroatoms. The minimum absolute atomic E-state index is 0.0352. The second-order valence-corrected chi connectivity index (χ2v) is 18.1. The molecule has 4 aliphatic heterocycles. The van der Waals surface area contributed by atoms with Crippen LogP contribution in [0.4, 0.5) is 0 Å². The largest absolute Gasteiger partial charge is 0.493 e. The maximum Gasteiger partial charge on any atom is 0.377 e. The van der Waals surface area contributed by atoms with Crippen LogP contribution in [-0.2, 0) is 14.4 Å². The lowest BCUT2D eigenvalue weighted by molar-refractivity contribution is -0.132. The first-order valence-electron chi connectivity index (χ1n) is 25.2. The van der Waals surface area contributed by atoms with Crippen molar-refractivity contribution in [1.82, 2.24) is 40.8 Å². The summed E-state index contributed by atoms with van der Waals surface area (Å²) in [5.74, 6) is -1.53. The summed E-state index contributed by atoms with van der Waals surface area (Å²) in [5, 5.41) is 32.0. The van der Waals surface area contributed by atoms with E-state index in [-0.39, 0.29) is 75.1 Å². The molecule has 3 aromatic carbocycles. The van der Waals surface area contributed by atoms with Gasteiger partial charge in [0.15, 0.2) is 34.5 Å². The molecule has 0 spiro atoms. The highest BCUT2D eigenvalue weighted by molar-refractivity contribution is 6.43. The lowest BCUT2D eigenvalue weighted by Crippen LogP contribution is -2.36. The van der Waals surface area contributed by atoms with E-state index in [1.807, 2.05) is 0 Å². The van der Waals surface area contributed by atoms with Crippen molar-refractivity contribution >= 4 is 35.1 Å². The van der Waals surface area contributed by atoms with E-state index in [4.69, 9.17) is 56.6 Å². The number of ether oxygens (including phenoxy) is 9. The number of carboxylic acids is 1. The molecule has 4 atom stereocenters. The molecule has 79 heavy (non-hydrogen) atoms. The third-order valence-corrected chi connectivity index (χ3v) is 13.6. The molecular weight excluding hydrogens is 1040 g/mol. The number of likely N-dealkylation sites (tertiary alicyclic amines) is 2. The van der Waals surface area contributed by atoms with Crippen molar-refractivity contribution in [3.63, 3.8) is 0 Å². The van der Waals surface area contributed by atoms with Crippen molar-refractivity contribution < 1.29 is 85.3 Å². The first-order chi connectivity index (χ1) is 38.2. The third kappa shape index (κ3) is 12.8. The van der Waals surface area contributed by atoms with Gasteiger partial charge in [0, 0.05) is 29.8 Å². The van der Waals surface area contributed by atoms with Gasteiger partial charge in [0.05, 0.1) is 76.1 Å². The highest BCUT2D eigenvalue weighted by Crippen LogP contribution is 2.42. The molecule has 4 aliphatic rings. The van der Waals surface area contributed by atoms with Crippen LogP contribution in [-0.4, -0.2) is 161 Å². The van der Waals surface area contributed by atoms with Crippen LogP contribution in [0.5, 0.6) is 51.7 Å². The number of hydrogen-bond acceptors (Lipinski definition) is 23. The summed E-state index contributed by atoms with van der Waals surface area (Å²) in [7, 11) is 12.7. The van der Waals surface area contributed by atoms with E-state index in [0.29, 0.717) is 56.0 Å². The van der Waals surface area contributed by atoms with Crippen LogP contribution < -0.4 is 53.3 Å². The molecule has 5 aromatic rings. The Labute approximate surface area is 454 Å². The van der Waals surface area contributed by atoms with Gasteiger partial charge < -0.3 is 77.0 Å². The fraction of sp³-hybridized carbons (Fsp3) is 0.472. The van der Waals surface area contributed by atoms with Crippen molar-refractivity contribution in [3.05, 3.63) is 76.7 Å². The van der Waals surface area contributed by atoms with Gasteiger partial charge in [0.2, 0.25) is 40.8 Å². The highest BCUT2D eigenvalue weighted by Gasteiger charge is 2.41. The lowest BCUT2D eigenvalue weighted by Gasteiger charge is -2.23. The van der Waals surface area contributed by atoms with E-state index in [2.05, 4.69) is 31.0 Å². The molecule has 6 heterocycles. The molecule has 2 aromatic heterocycles. The van der Waals surface area contributed by atoms with Crippen LogP contribution in [0, 0.1) is 0 Å². The summed E-state index contributed by atoms with van der Waals surface area (Å²) in [6.07, 6.45) is 6.81. The fourth-order valence-corrected chi connectivity index (χ4v) is 9.64. The standard InChI is InChI=1S/C32H36N4O11.C11H12O6.C10H16N4O/c1-41-21-13-17(14-22(42-2)27(21)45-5)25(37)31(39)35-11-7-9-19(35)29-33-34-30(47-29)20-10-8-12-36(20)32(40)26(38)18-15-23(43-3)28(46-6)24(16-18)44-4;1-15-7-4-6(9(12)11(13)14)5-8(16-2)10(7)17-3;1-3-7(11-5-1)9-13-14-10(15-9)8-4-2-6-12-8/h13-16,19-20H,7-12H2,1-6H3;4-5H,1-3H3,(H,13,14);7-8,11-12H,1-6H2/t19-,20?;;7-,8?/m0.0/s1. The number of aliphatic carboxylic acids is 1. The van der Waals surface area contributed by atoms with E-state index < -0.39 is 47.2 Å². The van der Waals surface area contributed by atoms with Crippen molar-refractivity contribution in [2.75, 3.05) is 90.2 Å². The molecule has 0 aliphatic carbocycles. The van der Waals surface area contributed by atoms with E-state index >= 15 is 0 Å². The van der Waals surface area contributed by atoms with Gasteiger partial charge in [-0.15, -0.1) is 20.4 Å². The number of rotatable bonds is 19. The van der Waals surface area contributed by atoms with Crippen molar-refractivity contribution in [1.29, 1.82) is 0 Å². The van der Waals surface area contributed by atoms with E-state index in [9.17, 15) is 28.8 Å². The zero-order valence-electron chi connectivity index (χ0n) is 45.3. The fourth-order valence-electron chi connectivity index (χ4n) is 9.64. The SMILES string of the molecule is C1CNC(c2nnc([C@@H]3CCCN3)o2)C1.COc1cc(C(=O)C(=O)N2CCCC2c2nnc([C@@H]3CCCN3C(=O)C(=O)c3cc(OC)c(OC)c(OC)c3)o2)cc(OC)c1OC.COc1cc(C(=O)C(=O)O)cc(OC)c1OC. The Hall–Kier alpha value is -8.52. The number of nitrogens with one attached hydrogen (secondary N) is 2. The minimum atomic E-state index is -1.54. The Kier molecular flexibility index (Phi) is 19.7. The summed E-state index contributed by atoms with van der Waals surface area (Å²) in [6, 6.07) is 7.52. The summed E-state index contributed by atoms with van der Waals surface area (Å²) in [4.78, 5) is 78.4. The van der Waals surface area contributed by atoms with Crippen LogP contribution in [0.25, 0.3) is 0 Å². The number of aromatic nitrogens is 4. The van der Waals surface area contributed by atoms with Gasteiger partial charge in [-0.05, 0) is 101 Å². The summed E-state index contributed by atoms with van der Waals surface area (Å²) >= 11 is 0. The quantitative estimate of drug-likeness (QED) is 0.0714. The van der Waals surface area contributed by atoms with Crippen molar-refractivity contribution in [2.24, 2.45) is 0 Å². The molecule has 0 bridgehead atoms. The van der Waals surface area contributed by atoms with E-state index in [1.54, 1.807) is 0 Å². The number of carbonyl (C=O) groups excluding carboxylic acids is 5. The second-order valence-electron chi connectivity index (χ2n) is 18.1. The first kappa shape index (κ1) is 58.2. The van der Waals surface area contributed by atoms with E-state index in [1.165, 1.54) is 123 Å². The molecule has 4 fully saturated rings. The number of methoxy groups -OCH3 is 9. The molecule has 4 saturated heterocycles. The van der Waals surface area contributed by atoms with Gasteiger partial charge in [-0.2, -0.15) is 0 Å². The number of carbonyl (C=O) groups is 6. The van der Waals surface area contributed by atoms with Gasteiger partial charge in [0.25, 0.3) is 29.2 Å².